The van der Waals surface area contributed by atoms with E-state index < -0.39 is 0 Å². The van der Waals surface area contributed by atoms with Crippen LogP contribution >= 0.6 is 0 Å². The first kappa shape index (κ1) is 24.8. The first-order chi connectivity index (χ1) is 17.6. The molecule has 1 aliphatic carbocycles. The van der Waals surface area contributed by atoms with Gasteiger partial charge in [-0.1, -0.05) is 24.3 Å². The highest BCUT2D eigenvalue weighted by atomic mass is 16.5. The zero-order chi connectivity index (χ0) is 24.7. The minimum Gasteiger partial charge on any atom is -0.493 e. The summed E-state index contributed by atoms with van der Waals surface area (Å²) in [5.41, 5.74) is 4.28. The molecule has 0 atom stereocenters. The number of carbonyl (C=O) groups excluding carboxylic acids is 2. The van der Waals surface area contributed by atoms with Crippen LogP contribution < -0.4 is 10.1 Å². The third-order valence-electron chi connectivity index (χ3n) is 7.54. The van der Waals surface area contributed by atoms with E-state index in [0.717, 1.165) is 62.5 Å². The zero-order valence-corrected chi connectivity index (χ0v) is 21.3. The van der Waals surface area contributed by atoms with Crippen LogP contribution in [0.25, 0.3) is 0 Å². The van der Waals surface area contributed by atoms with Gasteiger partial charge in [-0.3, -0.25) is 14.5 Å². The number of hydrogen-bond acceptors (Lipinski definition) is 4. The van der Waals surface area contributed by atoms with E-state index in [0.29, 0.717) is 31.7 Å². The van der Waals surface area contributed by atoms with Crippen LogP contribution in [0.5, 0.6) is 5.75 Å². The number of ether oxygens (including phenoxy) is 1. The van der Waals surface area contributed by atoms with Crippen LogP contribution in [-0.4, -0.2) is 60.9 Å². The number of rotatable bonds is 6. The summed E-state index contributed by atoms with van der Waals surface area (Å²) < 4.78 is 6.21. The molecule has 5 rings (SSSR count). The lowest BCUT2D eigenvalue weighted by Gasteiger charge is -2.23. The molecule has 0 spiro atoms. The number of likely N-dealkylation sites (tertiary alicyclic amines) is 1. The molecular weight excluding hydrogens is 450 g/mol. The number of amides is 2. The van der Waals surface area contributed by atoms with Gasteiger partial charge in [0.05, 0.1) is 6.61 Å². The van der Waals surface area contributed by atoms with E-state index in [9.17, 15) is 9.59 Å². The quantitative estimate of drug-likeness (QED) is 0.653. The normalized spacial score (nSPS) is 19.3. The van der Waals surface area contributed by atoms with Crippen LogP contribution in [-0.2, 0) is 17.8 Å². The van der Waals surface area contributed by atoms with Crippen LogP contribution in [0, 0.1) is 5.92 Å². The third kappa shape index (κ3) is 6.88. The van der Waals surface area contributed by atoms with Crippen molar-refractivity contribution in [1.82, 2.24) is 15.1 Å². The lowest BCUT2D eigenvalue weighted by molar-refractivity contribution is -0.127. The van der Waals surface area contributed by atoms with Crippen LogP contribution in [0.2, 0.25) is 0 Å². The molecule has 1 saturated heterocycles. The fraction of sp³-hybridized carbons (Fsp3) is 0.533. The highest BCUT2D eigenvalue weighted by Crippen LogP contribution is 2.31. The standard InChI is InChI=1S/C30H39N3O3/c34-29-8-5-15-33(29)16-13-31-30(35)26-11-12-28-27(20-26)19-24-6-4-7-25(18-24)22-32(21-23-9-10-23)14-2-1-3-17-36-28/h4,6-7,11-12,18,20,23H,1-3,5,8-10,13-17,19,21-22H2,(H,31,35). The molecule has 2 amide bonds. The number of fused-ring (bicyclic) bond motifs is 3. The molecule has 2 bridgehead atoms. The van der Waals surface area contributed by atoms with Crippen LogP contribution in [0.4, 0.5) is 0 Å². The van der Waals surface area contributed by atoms with Gasteiger partial charge < -0.3 is 15.0 Å². The summed E-state index contributed by atoms with van der Waals surface area (Å²) >= 11 is 0. The van der Waals surface area contributed by atoms with Crippen molar-refractivity contribution in [2.75, 3.05) is 39.3 Å². The Hall–Kier alpha value is -2.86. The Morgan fingerprint density at radius 3 is 2.72 bits per heavy atom. The average molecular weight is 490 g/mol. The predicted molar refractivity (Wildman–Crippen MR) is 141 cm³/mol. The Labute approximate surface area is 215 Å². The van der Waals surface area contributed by atoms with E-state index in [-0.39, 0.29) is 11.8 Å². The first-order valence-electron chi connectivity index (χ1n) is 13.8. The molecule has 0 unspecified atom stereocenters. The molecule has 1 N–H and O–H groups in total. The minimum atomic E-state index is -0.103. The van der Waals surface area contributed by atoms with E-state index in [1.807, 2.05) is 23.1 Å². The molecule has 0 radical (unpaired) electrons. The molecule has 2 aromatic carbocycles. The minimum absolute atomic E-state index is 0.103. The second-order valence-corrected chi connectivity index (χ2v) is 10.6. The lowest BCUT2D eigenvalue weighted by Crippen LogP contribution is -2.35. The Morgan fingerprint density at radius 1 is 1.00 bits per heavy atom. The highest BCUT2D eigenvalue weighted by molar-refractivity contribution is 5.94. The van der Waals surface area contributed by atoms with Gasteiger partial charge in [-0.2, -0.15) is 0 Å². The number of benzene rings is 2. The first-order valence-corrected chi connectivity index (χ1v) is 13.8. The summed E-state index contributed by atoms with van der Waals surface area (Å²) in [6.45, 7) is 5.92. The number of hydrogen-bond donors (Lipinski definition) is 1. The summed E-state index contributed by atoms with van der Waals surface area (Å²) in [7, 11) is 0. The number of nitrogens with one attached hydrogen (secondary N) is 1. The predicted octanol–water partition coefficient (Wildman–Crippen LogP) is 4.40. The van der Waals surface area contributed by atoms with Gasteiger partial charge in [0.15, 0.2) is 0 Å². The molecule has 192 valence electrons. The Kier molecular flexibility index (Phi) is 8.22. The summed E-state index contributed by atoms with van der Waals surface area (Å²) in [5.74, 6) is 1.84. The largest absolute Gasteiger partial charge is 0.493 e. The summed E-state index contributed by atoms with van der Waals surface area (Å²) in [6, 6.07) is 14.7. The molecule has 6 nitrogen and oxygen atoms in total. The fourth-order valence-electron chi connectivity index (χ4n) is 5.36. The van der Waals surface area contributed by atoms with Crippen molar-refractivity contribution in [2.24, 2.45) is 5.92 Å². The summed E-state index contributed by atoms with van der Waals surface area (Å²) in [4.78, 5) is 29.2. The van der Waals surface area contributed by atoms with Gasteiger partial charge >= 0.3 is 0 Å². The van der Waals surface area contributed by atoms with Crippen LogP contribution in [0.3, 0.4) is 0 Å². The van der Waals surface area contributed by atoms with Crippen molar-refractivity contribution in [3.8, 4) is 5.75 Å². The SMILES string of the molecule is O=C(NCCN1CCCC1=O)c1ccc2c(c1)Cc1cccc(c1)CN(CC1CC1)CCCCCO2. The van der Waals surface area contributed by atoms with Gasteiger partial charge in [0.1, 0.15) is 5.75 Å². The molecule has 0 aromatic heterocycles. The van der Waals surface area contributed by atoms with Gasteiger partial charge in [0.25, 0.3) is 5.91 Å². The number of carbonyl (C=O) groups is 2. The van der Waals surface area contributed by atoms with Gasteiger partial charge in [-0.05, 0) is 85.9 Å². The molecule has 36 heavy (non-hydrogen) atoms. The molecule has 2 aromatic rings. The van der Waals surface area contributed by atoms with Crippen molar-refractivity contribution >= 4 is 11.8 Å². The summed E-state index contributed by atoms with van der Waals surface area (Å²) in [6.07, 6.45) is 8.44. The smallest absolute Gasteiger partial charge is 0.251 e. The van der Waals surface area contributed by atoms with Crippen molar-refractivity contribution in [2.45, 2.75) is 57.9 Å². The topological polar surface area (TPSA) is 61.9 Å². The van der Waals surface area contributed by atoms with Crippen molar-refractivity contribution < 1.29 is 14.3 Å². The van der Waals surface area contributed by atoms with E-state index in [2.05, 4.69) is 34.5 Å². The monoisotopic (exact) mass is 489 g/mol. The van der Waals surface area contributed by atoms with E-state index >= 15 is 0 Å². The van der Waals surface area contributed by atoms with E-state index in [1.54, 1.807) is 0 Å². The maximum atomic E-state index is 12.9. The second kappa shape index (κ2) is 11.9. The van der Waals surface area contributed by atoms with E-state index in [1.165, 1.54) is 36.9 Å². The molecule has 1 saturated carbocycles. The van der Waals surface area contributed by atoms with Crippen LogP contribution in [0.1, 0.15) is 72.0 Å². The van der Waals surface area contributed by atoms with Crippen molar-refractivity contribution in [3.05, 3.63) is 64.7 Å². The third-order valence-corrected chi connectivity index (χ3v) is 7.54. The zero-order valence-electron chi connectivity index (χ0n) is 21.3. The van der Waals surface area contributed by atoms with Gasteiger partial charge in [-0.25, -0.2) is 0 Å². The Bertz CT molecular complexity index is 1070. The van der Waals surface area contributed by atoms with Gasteiger partial charge in [0.2, 0.25) is 5.91 Å². The Balaban J connectivity index is 1.29. The van der Waals surface area contributed by atoms with E-state index in [4.69, 9.17) is 4.74 Å². The lowest BCUT2D eigenvalue weighted by atomic mass is 9.99. The average Bonchev–Trinajstić information content (AvgIpc) is 3.60. The number of nitrogens with zero attached hydrogens (tertiary/aromatic N) is 2. The van der Waals surface area contributed by atoms with Gasteiger partial charge in [-0.15, -0.1) is 0 Å². The van der Waals surface area contributed by atoms with Crippen LogP contribution in [0.15, 0.2) is 42.5 Å². The molecule has 6 heteroatoms. The second-order valence-electron chi connectivity index (χ2n) is 10.6. The molecule has 3 aliphatic rings. The molecule has 2 heterocycles. The maximum absolute atomic E-state index is 12.9. The summed E-state index contributed by atoms with van der Waals surface area (Å²) in [5, 5.41) is 2.99. The Morgan fingerprint density at radius 2 is 1.89 bits per heavy atom. The fourth-order valence-corrected chi connectivity index (χ4v) is 5.36. The highest BCUT2D eigenvalue weighted by Gasteiger charge is 2.24. The maximum Gasteiger partial charge on any atom is 0.251 e. The molecule has 2 fully saturated rings. The molecule has 2 aliphatic heterocycles. The van der Waals surface area contributed by atoms with Crippen molar-refractivity contribution in [1.29, 1.82) is 0 Å². The molecular formula is C30H39N3O3. The van der Waals surface area contributed by atoms with Gasteiger partial charge in [0, 0.05) is 51.1 Å². The van der Waals surface area contributed by atoms with Crippen molar-refractivity contribution in [3.63, 3.8) is 0 Å².